The van der Waals surface area contributed by atoms with Gasteiger partial charge in [0.1, 0.15) is 17.0 Å². The van der Waals surface area contributed by atoms with Gasteiger partial charge in [0, 0.05) is 11.3 Å². The molecule has 0 aliphatic heterocycles. The molecule has 2 aromatic carbocycles. The molecule has 0 spiro atoms. The number of halogens is 1. The Balaban J connectivity index is 2.01. The standard InChI is InChI=1S/C21H17ClN2O6/c1-11-17(18(24-30-11)15-6-4-5-7-16(15)22)19(25)23-14-9-12(20(26)28-2)8-13(10-14)21(27)29-3/h4-10H,1-3H3,(H,23,25). The Hall–Kier alpha value is -3.65. The van der Waals surface area contributed by atoms with Crippen LogP contribution in [-0.2, 0) is 9.47 Å². The average Bonchev–Trinajstić information content (AvgIpc) is 3.13. The van der Waals surface area contributed by atoms with Gasteiger partial charge < -0.3 is 19.3 Å². The highest BCUT2D eigenvalue weighted by atomic mass is 35.5. The minimum atomic E-state index is -0.672. The fraction of sp³-hybridized carbons (Fsp3) is 0.143. The lowest BCUT2D eigenvalue weighted by atomic mass is 10.0. The van der Waals surface area contributed by atoms with E-state index in [1.165, 1.54) is 32.4 Å². The number of methoxy groups -OCH3 is 2. The molecule has 0 unspecified atom stereocenters. The van der Waals surface area contributed by atoms with Crippen LogP contribution in [0.25, 0.3) is 11.3 Å². The number of nitrogens with zero attached hydrogens (tertiary/aromatic N) is 1. The SMILES string of the molecule is COC(=O)c1cc(NC(=O)c2c(-c3ccccc3Cl)noc2C)cc(C(=O)OC)c1. The Kier molecular flexibility index (Phi) is 6.17. The number of benzene rings is 2. The van der Waals surface area contributed by atoms with Crippen molar-refractivity contribution >= 4 is 35.1 Å². The van der Waals surface area contributed by atoms with Crippen molar-refractivity contribution in [1.29, 1.82) is 0 Å². The number of nitrogens with one attached hydrogen (secondary N) is 1. The van der Waals surface area contributed by atoms with Crippen LogP contribution in [0.5, 0.6) is 0 Å². The van der Waals surface area contributed by atoms with Crippen LogP contribution in [0, 0.1) is 6.92 Å². The second-order valence-electron chi connectivity index (χ2n) is 6.18. The van der Waals surface area contributed by atoms with Crippen molar-refractivity contribution in [3.8, 4) is 11.3 Å². The zero-order valence-corrected chi connectivity index (χ0v) is 17.1. The van der Waals surface area contributed by atoms with Gasteiger partial charge in [-0.25, -0.2) is 9.59 Å². The summed E-state index contributed by atoms with van der Waals surface area (Å²) in [4.78, 5) is 36.9. The summed E-state index contributed by atoms with van der Waals surface area (Å²) in [5.74, 6) is -1.62. The summed E-state index contributed by atoms with van der Waals surface area (Å²) in [6.07, 6.45) is 0. The van der Waals surface area contributed by atoms with Gasteiger partial charge in [0.25, 0.3) is 5.91 Å². The summed E-state index contributed by atoms with van der Waals surface area (Å²) in [5, 5.41) is 7.02. The zero-order valence-electron chi connectivity index (χ0n) is 16.3. The number of hydrogen-bond donors (Lipinski definition) is 1. The fourth-order valence-corrected chi connectivity index (χ4v) is 3.07. The van der Waals surface area contributed by atoms with Crippen molar-refractivity contribution in [3.63, 3.8) is 0 Å². The average molecular weight is 429 g/mol. The van der Waals surface area contributed by atoms with Gasteiger partial charge in [0.2, 0.25) is 0 Å². The van der Waals surface area contributed by atoms with Gasteiger partial charge in [-0.3, -0.25) is 4.79 Å². The molecule has 0 atom stereocenters. The smallest absolute Gasteiger partial charge is 0.337 e. The number of carbonyl (C=O) groups is 3. The molecule has 154 valence electrons. The van der Waals surface area contributed by atoms with Crippen LogP contribution in [0.4, 0.5) is 5.69 Å². The molecule has 0 saturated heterocycles. The molecular formula is C21H17ClN2O6. The van der Waals surface area contributed by atoms with Gasteiger partial charge >= 0.3 is 11.9 Å². The minimum absolute atomic E-state index is 0.0732. The third-order valence-electron chi connectivity index (χ3n) is 4.25. The number of rotatable bonds is 5. The van der Waals surface area contributed by atoms with E-state index in [0.717, 1.165) is 0 Å². The molecule has 3 rings (SSSR count). The first-order valence-electron chi connectivity index (χ1n) is 8.70. The summed E-state index contributed by atoms with van der Waals surface area (Å²) < 4.78 is 14.6. The Morgan fingerprint density at radius 2 is 1.60 bits per heavy atom. The van der Waals surface area contributed by atoms with Crippen LogP contribution >= 0.6 is 11.6 Å². The lowest BCUT2D eigenvalue weighted by Crippen LogP contribution is -2.15. The highest BCUT2D eigenvalue weighted by Gasteiger charge is 2.24. The van der Waals surface area contributed by atoms with Gasteiger partial charge in [0.15, 0.2) is 0 Å². The number of aromatic nitrogens is 1. The highest BCUT2D eigenvalue weighted by molar-refractivity contribution is 6.33. The molecule has 1 N–H and O–H groups in total. The highest BCUT2D eigenvalue weighted by Crippen LogP contribution is 2.31. The van der Waals surface area contributed by atoms with Gasteiger partial charge in [-0.1, -0.05) is 35.0 Å². The summed E-state index contributed by atoms with van der Waals surface area (Å²) in [7, 11) is 2.42. The number of esters is 2. The number of carbonyl (C=O) groups excluding carboxylic acids is 3. The molecule has 9 heteroatoms. The van der Waals surface area contributed by atoms with Crippen molar-refractivity contribution < 1.29 is 28.4 Å². The Morgan fingerprint density at radius 3 is 2.17 bits per heavy atom. The second kappa shape index (κ2) is 8.79. The van der Waals surface area contributed by atoms with Gasteiger partial charge in [0.05, 0.1) is 30.4 Å². The largest absolute Gasteiger partial charge is 0.465 e. The molecule has 0 aliphatic rings. The van der Waals surface area contributed by atoms with Gasteiger partial charge in [-0.05, 0) is 31.2 Å². The molecule has 1 amide bonds. The molecule has 0 aliphatic carbocycles. The molecule has 30 heavy (non-hydrogen) atoms. The van der Waals surface area contributed by atoms with Crippen molar-refractivity contribution in [1.82, 2.24) is 5.16 Å². The van der Waals surface area contributed by atoms with Crippen molar-refractivity contribution in [2.75, 3.05) is 19.5 Å². The summed E-state index contributed by atoms with van der Waals surface area (Å²) in [5.41, 5.74) is 1.31. The van der Waals surface area contributed by atoms with Crippen LogP contribution in [0.3, 0.4) is 0 Å². The van der Waals surface area contributed by atoms with Crippen LogP contribution in [0.1, 0.15) is 36.8 Å². The van der Waals surface area contributed by atoms with E-state index in [0.29, 0.717) is 10.6 Å². The van der Waals surface area contributed by atoms with Crippen LogP contribution in [-0.4, -0.2) is 37.2 Å². The van der Waals surface area contributed by atoms with Crippen LogP contribution in [0.2, 0.25) is 5.02 Å². The lowest BCUT2D eigenvalue weighted by molar-refractivity contribution is 0.0599. The maximum Gasteiger partial charge on any atom is 0.337 e. The monoisotopic (exact) mass is 428 g/mol. The summed E-state index contributed by atoms with van der Waals surface area (Å²) in [6, 6.07) is 11.0. The first-order chi connectivity index (χ1) is 14.3. The van der Waals surface area contributed by atoms with E-state index in [1.807, 2.05) is 0 Å². The molecule has 1 aromatic heterocycles. The van der Waals surface area contributed by atoms with E-state index in [1.54, 1.807) is 31.2 Å². The molecule has 1 heterocycles. The number of anilines is 1. The summed E-state index contributed by atoms with van der Waals surface area (Å²) >= 11 is 6.23. The molecule has 0 fully saturated rings. The molecular weight excluding hydrogens is 412 g/mol. The number of amides is 1. The fourth-order valence-electron chi connectivity index (χ4n) is 2.84. The van der Waals surface area contributed by atoms with E-state index in [9.17, 15) is 14.4 Å². The van der Waals surface area contributed by atoms with E-state index in [-0.39, 0.29) is 33.8 Å². The molecule has 3 aromatic rings. The Bertz CT molecular complexity index is 1100. The molecule has 0 bridgehead atoms. The quantitative estimate of drug-likeness (QED) is 0.608. The Morgan fingerprint density at radius 1 is 1.00 bits per heavy atom. The molecule has 0 saturated carbocycles. The maximum absolute atomic E-state index is 13.0. The van der Waals surface area contributed by atoms with Crippen molar-refractivity contribution in [3.05, 3.63) is 69.9 Å². The first-order valence-corrected chi connectivity index (χ1v) is 9.07. The van der Waals surface area contributed by atoms with Crippen molar-refractivity contribution in [2.24, 2.45) is 0 Å². The lowest BCUT2D eigenvalue weighted by Gasteiger charge is -2.10. The normalized spacial score (nSPS) is 10.4. The van der Waals surface area contributed by atoms with Crippen LogP contribution < -0.4 is 5.32 Å². The predicted octanol–water partition coefficient (Wildman–Crippen LogP) is 4.13. The third kappa shape index (κ3) is 4.18. The number of aryl methyl sites for hydroxylation is 1. The predicted molar refractivity (Wildman–Crippen MR) is 109 cm³/mol. The van der Waals surface area contributed by atoms with Crippen LogP contribution in [0.15, 0.2) is 47.0 Å². The molecule has 8 nitrogen and oxygen atoms in total. The van der Waals surface area contributed by atoms with Crippen molar-refractivity contribution in [2.45, 2.75) is 6.92 Å². The number of ether oxygens (including phenoxy) is 2. The van der Waals surface area contributed by atoms with Gasteiger partial charge in [-0.2, -0.15) is 0 Å². The van der Waals surface area contributed by atoms with E-state index < -0.39 is 17.8 Å². The van der Waals surface area contributed by atoms with E-state index in [4.69, 9.17) is 25.6 Å². The second-order valence-corrected chi connectivity index (χ2v) is 6.59. The van der Waals surface area contributed by atoms with E-state index in [2.05, 4.69) is 10.5 Å². The first kappa shape index (κ1) is 21.1. The minimum Gasteiger partial charge on any atom is -0.465 e. The van der Waals surface area contributed by atoms with E-state index >= 15 is 0 Å². The number of hydrogen-bond acceptors (Lipinski definition) is 7. The zero-order chi connectivity index (χ0) is 21.8. The summed E-state index contributed by atoms with van der Waals surface area (Å²) in [6.45, 7) is 1.59. The maximum atomic E-state index is 13.0. The third-order valence-corrected chi connectivity index (χ3v) is 4.58. The molecule has 0 radical (unpaired) electrons. The topological polar surface area (TPSA) is 108 Å². The Labute approximate surface area is 176 Å². The van der Waals surface area contributed by atoms with Gasteiger partial charge in [-0.15, -0.1) is 0 Å².